The van der Waals surface area contributed by atoms with Crippen molar-refractivity contribution in [2.45, 2.75) is 39.3 Å². The van der Waals surface area contributed by atoms with Crippen LogP contribution in [0, 0.1) is 0 Å². The SMILES string of the molecule is CCN(CC)CCn1c(=O)[nH]c2cc(C(=O)N[C@H]3CCc4ccccc43)ccc21. The van der Waals surface area contributed by atoms with Crippen LogP contribution in [0.3, 0.4) is 0 Å². The molecule has 0 unspecified atom stereocenters. The van der Waals surface area contributed by atoms with Crippen LogP contribution in [0.2, 0.25) is 0 Å². The number of aromatic amines is 1. The number of hydrogen-bond acceptors (Lipinski definition) is 3. The van der Waals surface area contributed by atoms with Gasteiger partial charge in [0.05, 0.1) is 17.1 Å². The van der Waals surface area contributed by atoms with Gasteiger partial charge in [-0.25, -0.2) is 4.79 Å². The number of amides is 1. The van der Waals surface area contributed by atoms with Gasteiger partial charge < -0.3 is 15.2 Å². The predicted molar refractivity (Wildman–Crippen MR) is 115 cm³/mol. The lowest BCUT2D eigenvalue weighted by Gasteiger charge is -2.18. The van der Waals surface area contributed by atoms with Gasteiger partial charge in [0, 0.05) is 18.7 Å². The van der Waals surface area contributed by atoms with E-state index in [0.29, 0.717) is 17.6 Å². The molecule has 0 aliphatic heterocycles. The molecule has 3 aromatic rings. The fraction of sp³-hybridized carbons (Fsp3) is 0.391. The van der Waals surface area contributed by atoms with Gasteiger partial charge in [0.1, 0.15) is 0 Å². The summed E-state index contributed by atoms with van der Waals surface area (Å²) in [6.07, 6.45) is 1.91. The van der Waals surface area contributed by atoms with Gasteiger partial charge in [0.25, 0.3) is 5.91 Å². The Kier molecular flexibility index (Phi) is 5.53. The quantitative estimate of drug-likeness (QED) is 0.649. The molecule has 1 heterocycles. The van der Waals surface area contributed by atoms with E-state index in [0.717, 1.165) is 38.0 Å². The van der Waals surface area contributed by atoms with Crippen molar-refractivity contribution in [2.75, 3.05) is 19.6 Å². The summed E-state index contributed by atoms with van der Waals surface area (Å²) in [5, 5.41) is 3.15. The van der Waals surface area contributed by atoms with Crippen LogP contribution in [-0.2, 0) is 13.0 Å². The number of nitrogens with zero attached hydrogens (tertiary/aromatic N) is 2. The Morgan fingerprint density at radius 3 is 2.79 bits per heavy atom. The predicted octanol–water partition coefficient (Wildman–Crippen LogP) is 3.09. The van der Waals surface area contributed by atoms with E-state index >= 15 is 0 Å². The van der Waals surface area contributed by atoms with Gasteiger partial charge in [-0.2, -0.15) is 0 Å². The van der Waals surface area contributed by atoms with Crippen molar-refractivity contribution in [1.29, 1.82) is 0 Å². The van der Waals surface area contributed by atoms with E-state index in [1.165, 1.54) is 11.1 Å². The van der Waals surface area contributed by atoms with Crippen LogP contribution in [-0.4, -0.2) is 40.0 Å². The maximum atomic E-state index is 12.8. The molecule has 1 atom stereocenters. The zero-order valence-electron chi connectivity index (χ0n) is 17.1. The van der Waals surface area contributed by atoms with Crippen LogP contribution in [0.1, 0.15) is 47.8 Å². The van der Waals surface area contributed by atoms with Crippen LogP contribution in [0.15, 0.2) is 47.3 Å². The van der Waals surface area contributed by atoms with Crippen LogP contribution in [0.5, 0.6) is 0 Å². The third-order valence-corrected chi connectivity index (χ3v) is 6.01. The van der Waals surface area contributed by atoms with Crippen LogP contribution >= 0.6 is 0 Å². The van der Waals surface area contributed by atoms with Crippen molar-refractivity contribution < 1.29 is 4.79 Å². The molecule has 1 aromatic heterocycles. The molecule has 0 bridgehead atoms. The molecule has 0 fully saturated rings. The molecule has 29 heavy (non-hydrogen) atoms. The second kappa shape index (κ2) is 8.25. The number of likely N-dealkylation sites (N-methyl/N-ethyl adjacent to an activating group) is 1. The molecule has 2 N–H and O–H groups in total. The highest BCUT2D eigenvalue weighted by Gasteiger charge is 2.24. The first-order chi connectivity index (χ1) is 14.1. The summed E-state index contributed by atoms with van der Waals surface area (Å²) in [4.78, 5) is 30.4. The van der Waals surface area contributed by atoms with Crippen molar-refractivity contribution in [1.82, 2.24) is 19.8 Å². The third-order valence-electron chi connectivity index (χ3n) is 6.01. The second-order valence-corrected chi connectivity index (χ2v) is 7.60. The smallest absolute Gasteiger partial charge is 0.326 e. The zero-order chi connectivity index (χ0) is 20.4. The number of nitrogens with one attached hydrogen (secondary N) is 2. The molecular weight excluding hydrogens is 364 g/mol. The van der Waals surface area contributed by atoms with Crippen LogP contribution in [0.4, 0.5) is 0 Å². The highest BCUT2D eigenvalue weighted by Crippen LogP contribution is 2.31. The normalized spacial score (nSPS) is 15.8. The Labute approximate surface area is 170 Å². The monoisotopic (exact) mass is 392 g/mol. The number of hydrogen-bond donors (Lipinski definition) is 2. The maximum absolute atomic E-state index is 12.8. The molecule has 6 nitrogen and oxygen atoms in total. The van der Waals surface area contributed by atoms with E-state index in [1.54, 1.807) is 16.7 Å². The summed E-state index contributed by atoms with van der Waals surface area (Å²) in [5.41, 5.74) is 4.49. The van der Waals surface area contributed by atoms with Crippen molar-refractivity contribution in [3.8, 4) is 0 Å². The summed E-state index contributed by atoms with van der Waals surface area (Å²) in [6.45, 7) is 7.61. The number of imidazole rings is 1. The number of fused-ring (bicyclic) bond motifs is 2. The first-order valence-corrected chi connectivity index (χ1v) is 10.4. The van der Waals surface area contributed by atoms with Gasteiger partial charge in [0.15, 0.2) is 0 Å². The number of carbonyl (C=O) groups is 1. The molecular formula is C23H28N4O2. The standard InChI is InChI=1S/C23H28N4O2/c1-3-26(4-2)13-14-27-21-12-10-17(15-20(21)25-23(27)29)22(28)24-19-11-9-16-7-5-6-8-18(16)19/h5-8,10,12,15,19H,3-4,9,11,13-14H2,1-2H3,(H,24,28)(H,25,29)/t19-/m0/s1. The van der Waals surface area contributed by atoms with E-state index in [1.807, 2.05) is 18.2 Å². The number of benzene rings is 2. The van der Waals surface area contributed by atoms with E-state index in [2.05, 4.69) is 41.2 Å². The molecule has 0 saturated carbocycles. The Bertz CT molecular complexity index is 1080. The van der Waals surface area contributed by atoms with Gasteiger partial charge in [-0.3, -0.25) is 9.36 Å². The second-order valence-electron chi connectivity index (χ2n) is 7.60. The van der Waals surface area contributed by atoms with Crippen molar-refractivity contribution in [3.63, 3.8) is 0 Å². The topological polar surface area (TPSA) is 70.1 Å². The van der Waals surface area contributed by atoms with Crippen molar-refractivity contribution in [3.05, 3.63) is 69.6 Å². The Morgan fingerprint density at radius 2 is 2.00 bits per heavy atom. The summed E-state index contributed by atoms with van der Waals surface area (Å²) in [6, 6.07) is 13.8. The zero-order valence-corrected chi connectivity index (χ0v) is 17.1. The fourth-order valence-electron chi connectivity index (χ4n) is 4.26. The number of H-pyrrole nitrogens is 1. The van der Waals surface area contributed by atoms with E-state index in [4.69, 9.17) is 0 Å². The number of rotatable bonds is 7. The van der Waals surface area contributed by atoms with Gasteiger partial charge in [0.2, 0.25) is 0 Å². The average Bonchev–Trinajstić information content (AvgIpc) is 3.28. The molecule has 1 aliphatic rings. The lowest BCUT2D eigenvalue weighted by Crippen LogP contribution is -2.30. The molecule has 1 aliphatic carbocycles. The number of carbonyl (C=O) groups excluding carboxylic acids is 1. The van der Waals surface area contributed by atoms with Gasteiger partial charge in [-0.15, -0.1) is 0 Å². The minimum atomic E-state index is -0.130. The molecule has 4 rings (SSSR count). The maximum Gasteiger partial charge on any atom is 0.326 e. The van der Waals surface area contributed by atoms with E-state index in [9.17, 15) is 9.59 Å². The minimum absolute atomic E-state index is 0.0483. The number of aromatic nitrogens is 2. The molecule has 0 spiro atoms. The van der Waals surface area contributed by atoms with Gasteiger partial charge in [-0.05, 0) is 55.3 Å². The largest absolute Gasteiger partial charge is 0.345 e. The first-order valence-electron chi connectivity index (χ1n) is 10.4. The summed E-state index contributed by atoms with van der Waals surface area (Å²) < 4.78 is 1.75. The van der Waals surface area contributed by atoms with Crippen LogP contribution in [0.25, 0.3) is 11.0 Å². The lowest BCUT2D eigenvalue weighted by molar-refractivity contribution is 0.0937. The average molecular weight is 393 g/mol. The molecule has 1 amide bonds. The summed E-state index contributed by atoms with van der Waals surface area (Å²) >= 11 is 0. The van der Waals surface area contributed by atoms with E-state index < -0.39 is 0 Å². The highest BCUT2D eigenvalue weighted by atomic mass is 16.2. The Balaban J connectivity index is 1.52. The van der Waals surface area contributed by atoms with Crippen molar-refractivity contribution in [2.24, 2.45) is 0 Å². The first kappa shape index (κ1) is 19.5. The lowest BCUT2D eigenvalue weighted by atomic mass is 10.1. The summed E-state index contributed by atoms with van der Waals surface area (Å²) in [7, 11) is 0. The molecule has 0 saturated heterocycles. The Hall–Kier alpha value is -2.86. The van der Waals surface area contributed by atoms with Crippen molar-refractivity contribution >= 4 is 16.9 Å². The Morgan fingerprint density at radius 1 is 1.21 bits per heavy atom. The fourth-order valence-corrected chi connectivity index (χ4v) is 4.26. The molecule has 152 valence electrons. The van der Waals surface area contributed by atoms with Gasteiger partial charge in [-0.1, -0.05) is 38.1 Å². The molecule has 0 radical (unpaired) electrons. The van der Waals surface area contributed by atoms with Crippen LogP contribution < -0.4 is 11.0 Å². The van der Waals surface area contributed by atoms with Gasteiger partial charge >= 0.3 is 5.69 Å². The highest BCUT2D eigenvalue weighted by molar-refractivity contribution is 5.97. The summed E-state index contributed by atoms with van der Waals surface area (Å²) in [5.74, 6) is -0.106. The number of aryl methyl sites for hydroxylation is 1. The molecule has 6 heteroatoms. The minimum Gasteiger partial charge on any atom is -0.345 e. The van der Waals surface area contributed by atoms with E-state index in [-0.39, 0.29) is 17.6 Å². The third kappa shape index (κ3) is 3.85. The molecule has 2 aromatic carbocycles.